The molecule has 4 heteroatoms. The van der Waals surface area contributed by atoms with Crippen molar-refractivity contribution < 1.29 is 5.11 Å². The van der Waals surface area contributed by atoms with Crippen LogP contribution in [-0.4, -0.2) is 15.3 Å². The minimum absolute atomic E-state index is 0.191. The topological polar surface area (TPSA) is 72.0 Å². The average Bonchev–Trinajstić information content (AvgIpc) is 2.36. The summed E-state index contributed by atoms with van der Waals surface area (Å²) < 4.78 is 0. The number of aromatic nitrogens is 2. The number of nitrogens with two attached hydrogens (primary N) is 1. The Hall–Kier alpha value is -2.10. The number of benzene rings is 1. The number of anilines is 1. The maximum Gasteiger partial charge on any atom is 0.149 e. The van der Waals surface area contributed by atoms with Crippen LogP contribution in [0.1, 0.15) is 19.4 Å². The summed E-state index contributed by atoms with van der Waals surface area (Å²) in [5.41, 5.74) is 7.70. The smallest absolute Gasteiger partial charge is 0.149 e. The highest BCUT2D eigenvalue weighted by atomic mass is 16.3. The van der Waals surface area contributed by atoms with E-state index in [0.29, 0.717) is 17.1 Å². The third-order valence-corrected chi connectivity index (χ3v) is 2.20. The van der Waals surface area contributed by atoms with Gasteiger partial charge in [0.05, 0.1) is 5.69 Å². The molecule has 0 bridgehead atoms. The Morgan fingerprint density at radius 3 is 2.35 bits per heavy atom. The van der Waals surface area contributed by atoms with Crippen LogP contribution in [-0.2, 0) is 0 Å². The lowest BCUT2D eigenvalue weighted by Gasteiger charge is -2.04. The predicted molar refractivity (Wildman–Crippen MR) is 69.6 cm³/mol. The Bertz CT molecular complexity index is 498. The SMILES string of the molecule is CC.Cc1cc(-c2ccccc2O)nnc1N. The van der Waals surface area contributed by atoms with Crippen molar-refractivity contribution in [3.63, 3.8) is 0 Å². The van der Waals surface area contributed by atoms with E-state index in [0.717, 1.165) is 5.56 Å². The van der Waals surface area contributed by atoms with E-state index in [1.807, 2.05) is 26.8 Å². The van der Waals surface area contributed by atoms with Crippen molar-refractivity contribution in [3.8, 4) is 17.0 Å². The fourth-order valence-corrected chi connectivity index (χ4v) is 1.32. The molecule has 0 saturated carbocycles. The predicted octanol–water partition coefficient (Wildman–Crippen LogP) is 2.77. The van der Waals surface area contributed by atoms with Gasteiger partial charge in [0.25, 0.3) is 0 Å². The van der Waals surface area contributed by atoms with Crippen molar-refractivity contribution in [1.82, 2.24) is 10.2 Å². The second kappa shape index (κ2) is 5.84. The van der Waals surface area contributed by atoms with Crippen molar-refractivity contribution in [2.45, 2.75) is 20.8 Å². The van der Waals surface area contributed by atoms with E-state index in [1.54, 1.807) is 24.3 Å². The summed E-state index contributed by atoms with van der Waals surface area (Å²) in [6.07, 6.45) is 0. The van der Waals surface area contributed by atoms with Crippen LogP contribution in [0.25, 0.3) is 11.3 Å². The number of phenols is 1. The normalized spacial score (nSPS) is 9.35. The van der Waals surface area contributed by atoms with Crippen LogP contribution in [0.15, 0.2) is 30.3 Å². The van der Waals surface area contributed by atoms with Crippen LogP contribution in [0.5, 0.6) is 5.75 Å². The van der Waals surface area contributed by atoms with Crippen LogP contribution in [0.3, 0.4) is 0 Å². The molecule has 0 unspecified atom stereocenters. The van der Waals surface area contributed by atoms with Crippen molar-refractivity contribution in [2.24, 2.45) is 0 Å². The molecule has 0 radical (unpaired) electrons. The average molecular weight is 231 g/mol. The number of aromatic hydroxyl groups is 1. The van der Waals surface area contributed by atoms with E-state index in [9.17, 15) is 5.11 Å². The molecule has 1 heterocycles. The molecule has 90 valence electrons. The molecule has 0 fully saturated rings. The third kappa shape index (κ3) is 2.93. The number of para-hydroxylation sites is 1. The summed E-state index contributed by atoms with van der Waals surface area (Å²) in [7, 11) is 0. The standard InChI is InChI=1S/C11H11N3O.C2H6/c1-7-6-9(13-14-11(7)12)8-4-2-3-5-10(8)15;1-2/h2-6,15H,1H3,(H2,12,14);1-2H3. The third-order valence-electron chi connectivity index (χ3n) is 2.20. The Balaban J connectivity index is 0.000000686. The first-order valence-electron chi connectivity index (χ1n) is 5.56. The van der Waals surface area contributed by atoms with E-state index >= 15 is 0 Å². The summed E-state index contributed by atoms with van der Waals surface area (Å²) in [4.78, 5) is 0. The van der Waals surface area contributed by atoms with Gasteiger partial charge >= 0.3 is 0 Å². The van der Waals surface area contributed by atoms with Crippen LogP contribution in [0.2, 0.25) is 0 Å². The quantitative estimate of drug-likeness (QED) is 0.791. The van der Waals surface area contributed by atoms with E-state index in [1.165, 1.54) is 0 Å². The van der Waals surface area contributed by atoms with Gasteiger partial charge < -0.3 is 10.8 Å². The molecule has 0 spiro atoms. The van der Waals surface area contributed by atoms with E-state index in [-0.39, 0.29) is 5.75 Å². The maximum absolute atomic E-state index is 9.63. The Kier molecular flexibility index (Phi) is 4.46. The fourth-order valence-electron chi connectivity index (χ4n) is 1.32. The van der Waals surface area contributed by atoms with Crippen LogP contribution >= 0.6 is 0 Å². The first-order chi connectivity index (χ1) is 8.18. The maximum atomic E-state index is 9.63. The fraction of sp³-hybridized carbons (Fsp3) is 0.231. The van der Waals surface area contributed by atoms with Gasteiger partial charge in [0.1, 0.15) is 11.6 Å². The van der Waals surface area contributed by atoms with Gasteiger partial charge in [0, 0.05) is 5.56 Å². The number of phenolic OH excluding ortho intramolecular Hbond substituents is 1. The molecule has 0 saturated heterocycles. The van der Waals surface area contributed by atoms with Crippen LogP contribution in [0.4, 0.5) is 5.82 Å². The molecule has 0 amide bonds. The lowest BCUT2D eigenvalue weighted by atomic mass is 10.1. The molecule has 1 aromatic heterocycles. The summed E-state index contributed by atoms with van der Waals surface area (Å²) >= 11 is 0. The Morgan fingerprint density at radius 2 is 1.76 bits per heavy atom. The Labute approximate surface area is 101 Å². The zero-order chi connectivity index (χ0) is 12.8. The number of hydrogen-bond donors (Lipinski definition) is 2. The second-order valence-electron chi connectivity index (χ2n) is 3.31. The Morgan fingerprint density at radius 1 is 1.12 bits per heavy atom. The monoisotopic (exact) mass is 231 g/mol. The van der Waals surface area contributed by atoms with Crippen molar-refractivity contribution in [2.75, 3.05) is 5.73 Å². The number of nitrogen functional groups attached to an aromatic ring is 1. The molecule has 0 atom stereocenters. The highest BCUT2D eigenvalue weighted by Gasteiger charge is 2.06. The molecule has 4 nitrogen and oxygen atoms in total. The minimum atomic E-state index is 0.191. The van der Waals surface area contributed by atoms with Gasteiger partial charge in [-0.2, -0.15) is 0 Å². The second-order valence-corrected chi connectivity index (χ2v) is 3.31. The van der Waals surface area contributed by atoms with E-state index in [2.05, 4.69) is 10.2 Å². The molecule has 3 N–H and O–H groups in total. The first-order valence-corrected chi connectivity index (χ1v) is 5.56. The molecule has 2 rings (SSSR count). The summed E-state index contributed by atoms with van der Waals surface area (Å²) in [5.74, 6) is 0.602. The number of hydrogen-bond acceptors (Lipinski definition) is 4. The summed E-state index contributed by atoms with van der Waals surface area (Å²) in [6, 6.07) is 8.80. The molecule has 1 aromatic carbocycles. The zero-order valence-corrected chi connectivity index (χ0v) is 10.3. The van der Waals surface area contributed by atoms with Gasteiger partial charge in [-0.15, -0.1) is 10.2 Å². The largest absolute Gasteiger partial charge is 0.507 e. The van der Waals surface area contributed by atoms with Crippen molar-refractivity contribution in [1.29, 1.82) is 0 Å². The van der Waals surface area contributed by atoms with E-state index < -0.39 is 0 Å². The van der Waals surface area contributed by atoms with E-state index in [4.69, 9.17) is 5.73 Å². The molecule has 2 aromatic rings. The lowest BCUT2D eigenvalue weighted by molar-refractivity contribution is 0.477. The highest BCUT2D eigenvalue weighted by molar-refractivity contribution is 5.67. The summed E-state index contributed by atoms with van der Waals surface area (Å²) in [5, 5.41) is 17.4. The van der Waals surface area contributed by atoms with Gasteiger partial charge in [-0.05, 0) is 30.7 Å². The van der Waals surface area contributed by atoms with Crippen molar-refractivity contribution in [3.05, 3.63) is 35.9 Å². The van der Waals surface area contributed by atoms with Gasteiger partial charge in [-0.3, -0.25) is 0 Å². The van der Waals surface area contributed by atoms with Gasteiger partial charge in [-0.1, -0.05) is 26.0 Å². The number of rotatable bonds is 1. The lowest BCUT2D eigenvalue weighted by Crippen LogP contribution is -1.97. The van der Waals surface area contributed by atoms with Crippen LogP contribution in [0, 0.1) is 6.92 Å². The zero-order valence-electron chi connectivity index (χ0n) is 10.3. The van der Waals surface area contributed by atoms with Crippen molar-refractivity contribution >= 4 is 5.82 Å². The minimum Gasteiger partial charge on any atom is -0.507 e. The molecular weight excluding hydrogens is 214 g/mol. The van der Waals surface area contributed by atoms with Gasteiger partial charge in [0.15, 0.2) is 0 Å². The first kappa shape index (κ1) is 13.0. The molecule has 17 heavy (non-hydrogen) atoms. The summed E-state index contributed by atoms with van der Waals surface area (Å²) in [6.45, 7) is 5.85. The molecule has 0 aliphatic carbocycles. The molecule has 0 aliphatic heterocycles. The van der Waals surface area contributed by atoms with Gasteiger partial charge in [0.2, 0.25) is 0 Å². The molecular formula is C13H17N3O. The van der Waals surface area contributed by atoms with Crippen LogP contribution < -0.4 is 5.73 Å². The highest BCUT2D eigenvalue weighted by Crippen LogP contribution is 2.27. The number of nitrogens with zero attached hydrogens (tertiary/aromatic N) is 2. The number of aryl methyl sites for hydroxylation is 1. The molecule has 0 aliphatic rings. The van der Waals surface area contributed by atoms with Gasteiger partial charge in [-0.25, -0.2) is 0 Å².